The van der Waals surface area contributed by atoms with Crippen molar-refractivity contribution in [1.29, 1.82) is 0 Å². The summed E-state index contributed by atoms with van der Waals surface area (Å²) in [4.78, 5) is 2.75. The highest BCUT2D eigenvalue weighted by Gasteiger charge is 2.30. The molecule has 1 heterocycles. The van der Waals surface area contributed by atoms with E-state index in [1.165, 1.54) is 64.6 Å². The minimum atomic E-state index is 0.799. The molecule has 3 atom stereocenters. The molecule has 0 amide bonds. The van der Waals surface area contributed by atoms with Gasteiger partial charge in [-0.2, -0.15) is 0 Å². The Labute approximate surface area is 106 Å². The van der Waals surface area contributed by atoms with Crippen LogP contribution in [0.3, 0.4) is 0 Å². The van der Waals surface area contributed by atoms with E-state index < -0.39 is 0 Å². The summed E-state index contributed by atoms with van der Waals surface area (Å²) in [5, 5.41) is 3.82. The van der Waals surface area contributed by atoms with E-state index in [1.54, 1.807) is 0 Å². The van der Waals surface area contributed by atoms with Crippen molar-refractivity contribution in [2.75, 3.05) is 19.6 Å². The second-order valence-corrected chi connectivity index (χ2v) is 6.71. The van der Waals surface area contributed by atoms with Crippen LogP contribution in [0.25, 0.3) is 0 Å². The van der Waals surface area contributed by atoms with Crippen molar-refractivity contribution in [3.05, 3.63) is 0 Å². The van der Waals surface area contributed by atoms with Gasteiger partial charge in [-0.05, 0) is 50.5 Å². The molecular formula is C15H28N2. The highest BCUT2D eigenvalue weighted by Crippen LogP contribution is 2.32. The molecule has 0 aromatic carbocycles. The van der Waals surface area contributed by atoms with Crippen LogP contribution in [-0.4, -0.2) is 36.6 Å². The lowest BCUT2D eigenvalue weighted by atomic mass is 9.96. The van der Waals surface area contributed by atoms with Crippen molar-refractivity contribution in [2.24, 2.45) is 11.8 Å². The van der Waals surface area contributed by atoms with E-state index in [0.717, 1.165) is 23.9 Å². The lowest BCUT2D eigenvalue weighted by Gasteiger charge is -2.35. The van der Waals surface area contributed by atoms with Gasteiger partial charge in [0.1, 0.15) is 0 Å². The molecule has 0 aromatic heterocycles. The number of rotatable bonds is 4. The molecule has 3 rings (SSSR count). The van der Waals surface area contributed by atoms with Crippen molar-refractivity contribution < 1.29 is 0 Å². The number of hydrogen-bond acceptors (Lipinski definition) is 2. The summed E-state index contributed by atoms with van der Waals surface area (Å²) in [5.74, 6) is 1.97. The molecule has 2 aliphatic carbocycles. The predicted octanol–water partition coefficient (Wildman–Crippen LogP) is 2.64. The van der Waals surface area contributed by atoms with Crippen LogP contribution in [0.5, 0.6) is 0 Å². The molecule has 17 heavy (non-hydrogen) atoms. The van der Waals surface area contributed by atoms with Gasteiger partial charge in [-0.1, -0.05) is 19.8 Å². The van der Waals surface area contributed by atoms with Gasteiger partial charge in [0.2, 0.25) is 0 Å². The SMILES string of the molecule is CC1CCCC1CN1CCCC(NC2CC2)C1. The number of hydrogen-bond donors (Lipinski definition) is 1. The third-order valence-corrected chi connectivity index (χ3v) is 5.09. The largest absolute Gasteiger partial charge is 0.310 e. The summed E-state index contributed by atoms with van der Waals surface area (Å²) in [6.45, 7) is 6.51. The molecule has 3 aliphatic rings. The normalized spacial score (nSPS) is 39.7. The molecule has 3 unspecified atom stereocenters. The fourth-order valence-electron chi connectivity index (χ4n) is 3.77. The molecule has 98 valence electrons. The fraction of sp³-hybridized carbons (Fsp3) is 1.00. The number of piperidine rings is 1. The fourth-order valence-corrected chi connectivity index (χ4v) is 3.77. The first-order valence-corrected chi connectivity index (χ1v) is 7.79. The van der Waals surface area contributed by atoms with Crippen molar-refractivity contribution in [2.45, 2.75) is 64.0 Å². The summed E-state index contributed by atoms with van der Waals surface area (Å²) >= 11 is 0. The highest BCUT2D eigenvalue weighted by molar-refractivity contribution is 4.89. The lowest BCUT2D eigenvalue weighted by molar-refractivity contribution is 0.153. The highest BCUT2D eigenvalue weighted by atomic mass is 15.2. The molecule has 2 saturated carbocycles. The Kier molecular flexibility index (Phi) is 3.72. The zero-order valence-electron chi connectivity index (χ0n) is 11.3. The van der Waals surface area contributed by atoms with Crippen LogP contribution in [0.1, 0.15) is 51.9 Å². The summed E-state index contributed by atoms with van der Waals surface area (Å²) in [5.41, 5.74) is 0. The second-order valence-electron chi connectivity index (χ2n) is 6.71. The summed E-state index contributed by atoms with van der Waals surface area (Å²) in [6.07, 6.45) is 10.1. The van der Waals surface area contributed by atoms with Gasteiger partial charge in [0.05, 0.1) is 0 Å². The first-order valence-electron chi connectivity index (χ1n) is 7.79. The Morgan fingerprint density at radius 1 is 1.00 bits per heavy atom. The minimum absolute atomic E-state index is 0.799. The van der Waals surface area contributed by atoms with Gasteiger partial charge in [0.25, 0.3) is 0 Å². The zero-order valence-corrected chi connectivity index (χ0v) is 11.3. The molecule has 2 nitrogen and oxygen atoms in total. The second kappa shape index (κ2) is 5.27. The summed E-state index contributed by atoms with van der Waals surface area (Å²) in [7, 11) is 0. The first-order chi connectivity index (χ1) is 8.31. The van der Waals surface area contributed by atoms with Crippen LogP contribution in [0.2, 0.25) is 0 Å². The van der Waals surface area contributed by atoms with E-state index in [0.29, 0.717) is 0 Å². The van der Waals surface area contributed by atoms with Crippen LogP contribution >= 0.6 is 0 Å². The molecule has 0 aromatic rings. The van der Waals surface area contributed by atoms with Gasteiger partial charge in [0, 0.05) is 25.2 Å². The Morgan fingerprint density at radius 3 is 2.59 bits per heavy atom. The maximum atomic E-state index is 3.82. The smallest absolute Gasteiger partial charge is 0.0198 e. The number of likely N-dealkylation sites (tertiary alicyclic amines) is 1. The Bertz CT molecular complexity index is 249. The maximum absolute atomic E-state index is 3.82. The summed E-state index contributed by atoms with van der Waals surface area (Å²) in [6, 6.07) is 1.68. The van der Waals surface area contributed by atoms with Gasteiger partial charge in [0.15, 0.2) is 0 Å². The van der Waals surface area contributed by atoms with E-state index in [9.17, 15) is 0 Å². The monoisotopic (exact) mass is 236 g/mol. The van der Waals surface area contributed by atoms with Gasteiger partial charge >= 0.3 is 0 Å². The topological polar surface area (TPSA) is 15.3 Å². The first kappa shape index (κ1) is 12.0. The van der Waals surface area contributed by atoms with Crippen molar-refractivity contribution >= 4 is 0 Å². The van der Waals surface area contributed by atoms with E-state index >= 15 is 0 Å². The standard InChI is InChI=1S/C15H28N2/c1-12-4-2-5-13(12)10-17-9-3-6-15(11-17)16-14-7-8-14/h12-16H,2-11H2,1H3. The quantitative estimate of drug-likeness (QED) is 0.807. The minimum Gasteiger partial charge on any atom is -0.310 e. The molecular weight excluding hydrogens is 208 g/mol. The Morgan fingerprint density at radius 2 is 1.88 bits per heavy atom. The van der Waals surface area contributed by atoms with Crippen LogP contribution < -0.4 is 5.32 Å². The average Bonchev–Trinajstić information content (AvgIpc) is 3.04. The number of nitrogens with one attached hydrogen (secondary N) is 1. The summed E-state index contributed by atoms with van der Waals surface area (Å²) < 4.78 is 0. The average molecular weight is 236 g/mol. The van der Waals surface area contributed by atoms with Gasteiger partial charge < -0.3 is 10.2 Å². The Balaban J connectivity index is 1.45. The molecule has 1 N–H and O–H groups in total. The predicted molar refractivity (Wildman–Crippen MR) is 72.1 cm³/mol. The van der Waals surface area contributed by atoms with E-state index in [1.807, 2.05) is 0 Å². The van der Waals surface area contributed by atoms with E-state index in [-0.39, 0.29) is 0 Å². The van der Waals surface area contributed by atoms with Gasteiger partial charge in [-0.25, -0.2) is 0 Å². The van der Waals surface area contributed by atoms with Gasteiger partial charge in [-0.15, -0.1) is 0 Å². The third kappa shape index (κ3) is 3.23. The zero-order chi connectivity index (χ0) is 11.7. The van der Waals surface area contributed by atoms with E-state index in [4.69, 9.17) is 0 Å². The van der Waals surface area contributed by atoms with Crippen LogP contribution in [0, 0.1) is 11.8 Å². The molecule has 0 bridgehead atoms. The van der Waals surface area contributed by atoms with Crippen molar-refractivity contribution in [3.8, 4) is 0 Å². The maximum Gasteiger partial charge on any atom is 0.0198 e. The van der Waals surface area contributed by atoms with Gasteiger partial charge in [-0.3, -0.25) is 0 Å². The molecule has 0 radical (unpaired) electrons. The Hall–Kier alpha value is -0.0800. The molecule has 1 aliphatic heterocycles. The molecule has 1 saturated heterocycles. The van der Waals surface area contributed by atoms with Crippen LogP contribution in [0.15, 0.2) is 0 Å². The molecule has 2 heteroatoms. The van der Waals surface area contributed by atoms with E-state index in [2.05, 4.69) is 17.1 Å². The molecule has 0 spiro atoms. The van der Waals surface area contributed by atoms with Crippen molar-refractivity contribution in [3.63, 3.8) is 0 Å². The van der Waals surface area contributed by atoms with Crippen LogP contribution in [-0.2, 0) is 0 Å². The van der Waals surface area contributed by atoms with Crippen LogP contribution in [0.4, 0.5) is 0 Å². The molecule has 3 fully saturated rings. The number of nitrogens with zero attached hydrogens (tertiary/aromatic N) is 1. The van der Waals surface area contributed by atoms with Crippen molar-refractivity contribution in [1.82, 2.24) is 10.2 Å². The lowest BCUT2D eigenvalue weighted by Crippen LogP contribution is -2.47. The third-order valence-electron chi connectivity index (χ3n) is 5.09.